The SMILES string of the molecule is CC(C)CC(NS(C)(=O)=O)C(=O)NC1CCC(C(=O)O)C1. The predicted octanol–water partition coefficient (Wildman–Crippen LogP) is 0.320. The quantitative estimate of drug-likeness (QED) is 0.625. The monoisotopic (exact) mass is 320 g/mol. The third kappa shape index (κ3) is 6.43. The molecule has 0 saturated heterocycles. The first kappa shape index (κ1) is 17.9. The number of nitrogens with one attached hydrogen (secondary N) is 2. The van der Waals surface area contributed by atoms with E-state index in [1.165, 1.54) is 0 Å². The molecule has 3 atom stereocenters. The molecular formula is C13H24N2O5S. The minimum absolute atomic E-state index is 0.158. The van der Waals surface area contributed by atoms with E-state index in [0.29, 0.717) is 25.7 Å². The van der Waals surface area contributed by atoms with Crippen molar-refractivity contribution in [1.29, 1.82) is 0 Å². The summed E-state index contributed by atoms with van der Waals surface area (Å²) in [6.45, 7) is 3.81. The number of hydrogen-bond acceptors (Lipinski definition) is 4. The average molecular weight is 320 g/mol. The third-order valence-electron chi connectivity index (χ3n) is 3.51. The second kappa shape index (κ2) is 7.22. The summed E-state index contributed by atoms with van der Waals surface area (Å²) in [5.41, 5.74) is 0. The van der Waals surface area contributed by atoms with Gasteiger partial charge in [0.05, 0.1) is 12.2 Å². The Morgan fingerprint density at radius 2 is 1.90 bits per heavy atom. The first-order chi connectivity index (χ1) is 9.58. The standard InChI is InChI=1S/C13H24N2O5S/c1-8(2)6-11(15-21(3,19)20)12(16)14-10-5-4-9(7-10)13(17)18/h8-11,15H,4-7H2,1-3H3,(H,14,16)(H,17,18). The highest BCUT2D eigenvalue weighted by Crippen LogP contribution is 2.25. The van der Waals surface area contributed by atoms with Crippen molar-refractivity contribution >= 4 is 21.9 Å². The Hall–Kier alpha value is -1.15. The van der Waals surface area contributed by atoms with Gasteiger partial charge in [-0.15, -0.1) is 0 Å². The Morgan fingerprint density at radius 3 is 2.33 bits per heavy atom. The average Bonchev–Trinajstić information content (AvgIpc) is 2.74. The molecular weight excluding hydrogens is 296 g/mol. The van der Waals surface area contributed by atoms with E-state index in [4.69, 9.17) is 5.11 Å². The molecule has 3 N–H and O–H groups in total. The van der Waals surface area contributed by atoms with Gasteiger partial charge in [0.1, 0.15) is 6.04 Å². The van der Waals surface area contributed by atoms with Crippen molar-refractivity contribution in [3.05, 3.63) is 0 Å². The van der Waals surface area contributed by atoms with E-state index in [1.807, 2.05) is 13.8 Å². The zero-order valence-electron chi connectivity index (χ0n) is 12.6. The number of carboxylic acid groups (broad SMARTS) is 1. The Morgan fingerprint density at radius 1 is 1.29 bits per heavy atom. The van der Waals surface area contributed by atoms with Gasteiger partial charge in [0.25, 0.3) is 0 Å². The summed E-state index contributed by atoms with van der Waals surface area (Å²) in [5, 5.41) is 11.7. The van der Waals surface area contributed by atoms with Crippen LogP contribution in [0.5, 0.6) is 0 Å². The first-order valence-electron chi connectivity index (χ1n) is 7.09. The highest BCUT2D eigenvalue weighted by Gasteiger charge is 2.32. The number of aliphatic carboxylic acids is 1. The fourth-order valence-corrected chi connectivity index (χ4v) is 3.30. The normalized spacial score (nSPS) is 24.0. The lowest BCUT2D eigenvalue weighted by atomic mass is 10.0. The summed E-state index contributed by atoms with van der Waals surface area (Å²) in [7, 11) is -3.48. The number of hydrogen-bond donors (Lipinski definition) is 3. The smallest absolute Gasteiger partial charge is 0.306 e. The van der Waals surface area contributed by atoms with Crippen LogP contribution in [0.15, 0.2) is 0 Å². The van der Waals surface area contributed by atoms with Gasteiger partial charge >= 0.3 is 5.97 Å². The van der Waals surface area contributed by atoms with E-state index in [0.717, 1.165) is 6.26 Å². The van der Waals surface area contributed by atoms with Gasteiger partial charge in [-0.1, -0.05) is 13.8 Å². The fraction of sp³-hybridized carbons (Fsp3) is 0.846. The minimum atomic E-state index is -3.48. The molecule has 1 amide bonds. The Bertz CT molecular complexity index is 489. The minimum Gasteiger partial charge on any atom is -0.481 e. The lowest BCUT2D eigenvalue weighted by molar-refractivity contribution is -0.141. The Balaban J connectivity index is 2.62. The van der Waals surface area contributed by atoms with Gasteiger partial charge in [-0.05, 0) is 31.6 Å². The number of amides is 1. The molecule has 1 fully saturated rings. The summed E-state index contributed by atoms with van der Waals surface area (Å²) in [6.07, 6.45) is 2.95. The van der Waals surface area contributed by atoms with Crippen molar-refractivity contribution in [2.75, 3.05) is 6.26 Å². The van der Waals surface area contributed by atoms with Crippen molar-refractivity contribution in [3.8, 4) is 0 Å². The molecule has 0 aromatic carbocycles. The van der Waals surface area contributed by atoms with Gasteiger partial charge < -0.3 is 10.4 Å². The largest absolute Gasteiger partial charge is 0.481 e. The summed E-state index contributed by atoms with van der Waals surface area (Å²) in [5.74, 6) is -1.50. The van der Waals surface area contributed by atoms with Crippen LogP contribution < -0.4 is 10.0 Å². The molecule has 122 valence electrons. The molecule has 0 heterocycles. The fourth-order valence-electron chi connectivity index (χ4n) is 2.58. The molecule has 0 bridgehead atoms. The zero-order chi connectivity index (χ0) is 16.2. The molecule has 0 aromatic rings. The van der Waals surface area contributed by atoms with E-state index in [2.05, 4.69) is 10.0 Å². The lowest BCUT2D eigenvalue weighted by Crippen LogP contribution is -2.49. The molecule has 1 aliphatic carbocycles. The van der Waals surface area contributed by atoms with Crippen molar-refractivity contribution in [2.24, 2.45) is 11.8 Å². The second-order valence-electron chi connectivity index (χ2n) is 6.13. The number of sulfonamides is 1. The van der Waals surface area contributed by atoms with Crippen LogP contribution >= 0.6 is 0 Å². The number of carbonyl (C=O) groups is 2. The molecule has 1 saturated carbocycles. The van der Waals surface area contributed by atoms with E-state index >= 15 is 0 Å². The molecule has 0 radical (unpaired) electrons. The van der Waals surface area contributed by atoms with Crippen molar-refractivity contribution < 1.29 is 23.1 Å². The van der Waals surface area contributed by atoms with Gasteiger partial charge in [0, 0.05) is 6.04 Å². The van der Waals surface area contributed by atoms with E-state index in [9.17, 15) is 18.0 Å². The molecule has 7 nitrogen and oxygen atoms in total. The molecule has 3 unspecified atom stereocenters. The van der Waals surface area contributed by atoms with E-state index in [-0.39, 0.29) is 17.9 Å². The van der Waals surface area contributed by atoms with Gasteiger partial charge in [-0.3, -0.25) is 9.59 Å². The molecule has 0 aromatic heterocycles. The zero-order valence-corrected chi connectivity index (χ0v) is 13.4. The first-order valence-corrected chi connectivity index (χ1v) is 8.98. The Labute approximate surface area is 125 Å². The summed E-state index contributed by atoms with van der Waals surface area (Å²) in [6, 6.07) is -1.02. The van der Waals surface area contributed by atoms with Crippen molar-refractivity contribution in [3.63, 3.8) is 0 Å². The maximum atomic E-state index is 12.2. The molecule has 0 aliphatic heterocycles. The second-order valence-corrected chi connectivity index (χ2v) is 7.91. The van der Waals surface area contributed by atoms with Crippen LogP contribution in [0, 0.1) is 11.8 Å². The summed E-state index contributed by atoms with van der Waals surface area (Å²) >= 11 is 0. The molecule has 1 rings (SSSR count). The van der Waals surface area contributed by atoms with Crippen LogP contribution in [-0.2, 0) is 19.6 Å². The van der Waals surface area contributed by atoms with Crippen LogP contribution in [0.2, 0.25) is 0 Å². The van der Waals surface area contributed by atoms with Gasteiger partial charge in [0.2, 0.25) is 15.9 Å². The van der Waals surface area contributed by atoms with Crippen LogP contribution in [0.4, 0.5) is 0 Å². The Kier molecular flexibility index (Phi) is 6.15. The molecule has 8 heteroatoms. The topological polar surface area (TPSA) is 113 Å². The van der Waals surface area contributed by atoms with Crippen molar-refractivity contribution in [1.82, 2.24) is 10.0 Å². The van der Waals surface area contributed by atoms with E-state index < -0.39 is 28.0 Å². The van der Waals surface area contributed by atoms with Crippen LogP contribution in [0.1, 0.15) is 39.5 Å². The predicted molar refractivity (Wildman–Crippen MR) is 78.1 cm³/mol. The highest BCUT2D eigenvalue weighted by atomic mass is 32.2. The molecule has 21 heavy (non-hydrogen) atoms. The van der Waals surface area contributed by atoms with Gasteiger partial charge in [-0.2, -0.15) is 0 Å². The van der Waals surface area contributed by atoms with Gasteiger partial charge in [-0.25, -0.2) is 13.1 Å². The van der Waals surface area contributed by atoms with Gasteiger partial charge in [0.15, 0.2) is 0 Å². The van der Waals surface area contributed by atoms with Crippen LogP contribution in [0.3, 0.4) is 0 Å². The number of rotatable bonds is 7. The number of carboxylic acids is 1. The van der Waals surface area contributed by atoms with E-state index in [1.54, 1.807) is 0 Å². The summed E-state index contributed by atoms with van der Waals surface area (Å²) in [4.78, 5) is 23.1. The van der Waals surface area contributed by atoms with Crippen LogP contribution in [0.25, 0.3) is 0 Å². The maximum Gasteiger partial charge on any atom is 0.306 e. The van der Waals surface area contributed by atoms with Crippen molar-refractivity contribution in [2.45, 2.75) is 51.6 Å². The molecule has 0 spiro atoms. The third-order valence-corrected chi connectivity index (χ3v) is 4.22. The maximum absolute atomic E-state index is 12.2. The summed E-state index contributed by atoms with van der Waals surface area (Å²) < 4.78 is 25.0. The molecule has 1 aliphatic rings. The number of carbonyl (C=O) groups excluding carboxylic acids is 1. The highest BCUT2D eigenvalue weighted by molar-refractivity contribution is 7.88. The lowest BCUT2D eigenvalue weighted by Gasteiger charge is -2.21. The van der Waals surface area contributed by atoms with Crippen LogP contribution in [-0.4, -0.2) is 43.7 Å².